The van der Waals surface area contributed by atoms with Crippen molar-refractivity contribution in [3.63, 3.8) is 0 Å². The first-order valence-corrected chi connectivity index (χ1v) is 12.0. The normalized spacial score (nSPS) is 15.5. The molecule has 3 aromatic rings. The smallest absolute Gasteiger partial charge is 0.326 e. The van der Waals surface area contributed by atoms with Gasteiger partial charge in [0, 0.05) is 30.3 Å². The van der Waals surface area contributed by atoms with E-state index in [2.05, 4.69) is 20.6 Å². The lowest BCUT2D eigenvalue weighted by Gasteiger charge is -2.17. The molecule has 1 amide bonds. The van der Waals surface area contributed by atoms with Crippen LogP contribution in [0.4, 0.5) is 5.82 Å². The minimum absolute atomic E-state index is 0.0252. The number of anilines is 1. The Labute approximate surface area is 210 Å². The van der Waals surface area contributed by atoms with Gasteiger partial charge in [0.25, 0.3) is 5.91 Å². The molecule has 186 valence electrons. The number of amides is 1. The second-order valence-corrected chi connectivity index (χ2v) is 8.72. The van der Waals surface area contributed by atoms with Crippen LogP contribution in [0, 0.1) is 6.92 Å². The van der Waals surface area contributed by atoms with Crippen molar-refractivity contribution in [1.29, 1.82) is 0 Å². The van der Waals surface area contributed by atoms with Crippen molar-refractivity contribution in [2.75, 3.05) is 18.5 Å². The Balaban J connectivity index is 1.38. The quantitative estimate of drug-likeness (QED) is 0.403. The molecule has 0 saturated heterocycles. The van der Waals surface area contributed by atoms with Crippen LogP contribution in [0.15, 0.2) is 71.9 Å². The van der Waals surface area contributed by atoms with Crippen molar-refractivity contribution in [3.8, 4) is 0 Å². The van der Waals surface area contributed by atoms with E-state index >= 15 is 0 Å². The molecule has 0 aliphatic carbocycles. The first-order valence-electron chi connectivity index (χ1n) is 12.0. The number of rotatable bonds is 10. The van der Waals surface area contributed by atoms with Gasteiger partial charge in [0.05, 0.1) is 0 Å². The lowest BCUT2D eigenvalue weighted by Crippen LogP contribution is -2.42. The van der Waals surface area contributed by atoms with E-state index in [4.69, 9.17) is 4.74 Å². The number of benzene rings is 2. The largest absolute Gasteiger partial charge is 0.480 e. The van der Waals surface area contributed by atoms with E-state index in [0.29, 0.717) is 31.0 Å². The van der Waals surface area contributed by atoms with Crippen LogP contribution in [0.3, 0.4) is 0 Å². The minimum Gasteiger partial charge on any atom is -0.480 e. The summed E-state index contributed by atoms with van der Waals surface area (Å²) < 4.78 is 5.77. The highest BCUT2D eigenvalue weighted by Crippen LogP contribution is 2.17. The number of pyridine rings is 1. The molecular weight excluding hydrogens is 456 g/mol. The summed E-state index contributed by atoms with van der Waals surface area (Å²) >= 11 is 0. The number of aromatic nitrogens is 1. The van der Waals surface area contributed by atoms with Gasteiger partial charge in [-0.2, -0.15) is 0 Å². The van der Waals surface area contributed by atoms with Gasteiger partial charge in [0.2, 0.25) is 5.90 Å². The third-order valence-electron chi connectivity index (χ3n) is 6.11. The second-order valence-electron chi connectivity index (χ2n) is 8.72. The molecule has 8 nitrogen and oxygen atoms in total. The molecule has 0 radical (unpaired) electrons. The SMILES string of the molecule is CCc1cccc(C)c1C(=O)NC(Cc1ccc(C2=NC(CNc3ccccn3)CO2)cc1)C(=O)O. The molecule has 8 heteroatoms. The van der Waals surface area contributed by atoms with Crippen LogP contribution in [0.2, 0.25) is 0 Å². The predicted molar refractivity (Wildman–Crippen MR) is 139 cm³/mol. The van der Waals surface area contributed by atoms with E-state index in [1.165, 1.54) is 0 Å². The predicted octanol–water partition coefficient (Wildman–Crippen LogP) is 3.64. The Hall–Kier alpha value is -4.20. The van der Waals surface area contributed by atoms with Crippen molar-refractivity contribution in [2.24, 2.45) is 4.99 Å². The van der Waals surface area contributed by atoms with Crippen LogP contribution >= 0.6 is 0 Å². The molecule has 2 aromatic carbocycles. The summed E-state index contributed by atoms with van der Waals surface area (Å²) in [6.07, 6.45) is 2.59. The second kappa shape index (κ2) is 11.5. The molecule has 0 spiro atoms. The van der Waals surface area contributed by atoms with E-state index in [1.807, 2.05) is 74.5 Å². The molecule has 1 aromatic heterocycles. The number of aliphatic imine (C=N–C) groups is 1. The van der Waals surface area contributed by atoms with Gasteiger partial charge in [-0.25, -0.2) is 14.8 Å². The summed E-state index contributed by atoms with van der Waals surface area (Å²) in [6.45, 7) is 4.91. The van der Waals surface area contributed by atoms with Crippen LogP contribution in [-0.4, -0.2) is 53.1 Å². The summed E-state index contributed by atoms with van der Waals surface area (Å²) in [7, 11) is 0. The molecule has 2 heterocycles. The molecule has 36 heavy (non-hydrogen) atoms. The Kier molecular flexibility index (Phi) is 7.95. The number of hydrogen-bond donors (Lipinski definition) is 3. The number of carboxylic acids is 1. The van der Waals surface area contributed by atoms with Crippen LogP contribution in [0.25, 0.3) is 0 Å². The molecule has 4 rings (SSSR count). The molecule has 0 bridgehead atoms. The van der Waals surface area contributed by atoms with Crippen molar-refractivity contribution in [2.45, 2.75) is 38.8 Å². The van der Waals surface area contributed by atoms with Gasteiger partial charge in [-0.3, -0.25) is 4.79 Å². The first-order chi connectivity index (χ1) is 17.4. The van der Waals surface area contributed by atoms with Gasteiger partial charge in [-0.05, 0) is 54.3 Å². The van der Waals surface area contributed by atoms with Gasteiger partial charge < -0.3 is 20.5 Å². The van der Waals surface area contributed by atoms with Crippen LogP contribution in [0.1, 0.15) is 39.5 Å². The number of carboxylic acid groups (broad SMARTS) is 1. The molecule has 0 saturated carbocycles. The fraction of sp³-hybridized carbons (Fsp3) is 0.286. The van der Waals surface area contributed by atoms with Gasteiger partial charge in [0.1, 0.15) is 24.5 Å². The Bertz CT molecular complexity index is 1240. The highest BCUT2D eigenvalue weighted by molar-refractivity contribution is 5.99. The zero-order chi connectivity index (χ0) is 25.5. The number of carbonyl (C=O) groups is 2. The fourth-order valence-corrected chi connectivity index (χ4v) is 4.17. The fourth-order valence-electron chi connectivity index (χ4n) is 4.17. The molecule has 2 atom stereocenters. The number of aliphatic carboxylic acids is 1. The maximum Gasteiger partial charge on any atom is 0.326 e. The number of ether oxygens (including phenoxy) is 1. The molecule has 1 aliphatic heterocycles. The summed E-state index contributed by atoms with van der Waals surface area (Å²) in [4.78, 5) is 33.7. The Morgan fingerprint density at radius 3 is 2.61 bits per heavy atom. The van der Waals surface area contributed by atoms with Crippen molar-refractivity contribution in [3.05, 3.63) is 94.7 Å². The molecule has 0 fully saturated rings. The first kappa shape index (κ1) is 24.9. The van der Waals surface area contributed by atoms with Crippen molar-refractivity contribution >= 4 is 23.6 Å². The summed E-state index contributed by atoms with van der Waals surface area (Å²) in [5, 5.41) is 15.7. The standard InChI is InChI=1S/C28H30N4O4/c1-3-20-8-6-7-18(2)25(20)26(33)32-23(28(34)35)15-19-10-12-21(13-11-19)27-31-22(17-36-27)16-30-24-9-4-5-14-29-24/h4-14,22-23H,3,15-17H2,1-2H3,(H,29,30)(H,32,33)(H,34,35). The third kappa shape index (κ3) is 6.07. The molecule has 2 unspecified atom stereocenters. The van der Waals surface area contributed by atoms with Crippen molar-refractivity contribution in [1.82, 2.24) is 10.3 Å². The lowest BCUT2D eigenvalue weighted by atomic mass is 9.98. The maximum absolute atomic E-state index is 12.9. The van der Waals surface area contributed by atoms with Crippen LogP contribution < -0.4 is 10.6 Å². The average Bonchev–Trinajstić information content (AvgIpc) is 3.37. The number of nitrogens with zero attached hydrogens (tertiary/aromatic N) is 2. The van der Waals surface area contributed by atoms with E-state index in [0.717, 1.165) is 28.1 Å². The number of aryl methyl sites for hydroxylation is 2. The van der Waals surface area contributed by atoms with Crippen LogP contribution in [-0.2, 0) is 22.4 Å². The molecular formula is C28H30N4O4. The molecule has 1 aliphatic rings. The summed E-state index contributed by atoms with van der Waals surface area (Å²) in [5.74, 6) is -0.0955. The monoisotopic (exact) mass is 486 g/mol. The van der Waals surface area contributed by atoms with Gasteiger partial charge >= 0.3 is 5.97 Å². The number of carbonyl (C=O) groups excluding carboxylic acids is 1. The van der Waals surface area contributed by atoms with Gasteiger partial charge in [-0.15, -0.1) is 0 Å². The highest BCUT2D eigenvalue weighted by Gasteiger charge is 2.24. The zero-order valence-corrected chi connectivity index (χ0v) is 20.4. The summed E-state index contributed by atoms with van der Waals surface area (Å²) in [6, 6.07) is 17.7. The molecule has 3 N–H and O–H groups in total. The summed E-state index contributed by atoms with van der Waals surface area (Å²) in [5.41, 5.74) is 3.88. The minimum atomic E-state index is -1.08. The third-order valence-corrected chi connectivity index (χ3v) is 6.11. The zero-order valence-electron chi connectivity index (χ0n) is 20.4. The van der Waals surface area contributed by atoms with Crippen molar-refractivity contribution < 1.29 is 19.4 Å². The maximum atomic E-state index is 12.9. The van der Waals surface area contributed by atoms with Crippen LogP contribution in [0.5, 0.6) is 0 Å². The number of hydrogen-bond acceptors (Lipinski definition) is 6. The van der Waals surface area contributed by atoms with Gasteiger partial charge in [-0.1, -0.05) is 43.3 Å². The van der Waals surface area contributed by atoms with E-state index < -0.39 is 12.0 Å². The average molecular weight is 487 g/mol. The van der Waals surface area contributed by atoms with E-state index in [-0.39, 0.29) is 18.4 Å². The van der Waals surface area contributed by atoms with E-state index in [1.54, 1.807) is 6.20 Å². The lowest BCUT2D eigenvalue weighted by molar-refractivity contribution is -0.139. The topological polar surface area (TPSA) is 113 Å². The van der Waals surface area contributed by atoms with E-state index in [9.17, 15) is 14.7 Å². The number of nitrogens with one attached hydrogen (secondary N) is 2. The Morgan fingerprint density at radius 2 is 1.92 bits per heavy atom. The highest BCUT2D eigenvalue weighted by atomic mass is 16.5. The Morgan fingerprint density at radius 1 is 1.11 bits per heavy atom. The van der Waals surface area contributed by atoms with Gasteiger partial charge in [0.15, 0.2) is 0 Å².